The van der Waals surface area contributed by atoms with E-state index >= 15 is 0 Å². The number of aromatic amines is 2. The van der Waals surface area contributed by atoms with Crippen molar-refractivity contribution in [2.24, 2.45) is 17.3 Å². The van der Waals surface area contributed by atoms with Crippen molar-refractivity contribution >= 4 is 34.8 Å². The zero-order valence-electron chi connectivity index (χ0n) is 37.6. The van der Waals surface area contributed by atoms with Gasteiger partial charge in [-0.1, -0.05) is 62.4 Å². The van der Waals surface area contributed by atoms with Crippen LogP contribution in [0.2, 0.25) is 0 Å². The Labute approximate surface area is 373 Å². The average molecular weight is 871 g/mol. The largest absolute Gasteiger partial charge is 0.453 e. The quantitative estimate of drug-likeness (QED) is 0.0968. The van der Waals surface area contributed by atoms with Gasteiger partial charge in [-0.2, -0.15) is 0 Å². The summed E-state index contributed by atoms with van der Waals surface area (Å²) in [7, 11) is 4.12. The number of amides is 4. The number of nitrogens with zero attached hydrogens (tertiary/aromatic N) is 4. The lowest BCUT2D eigenvalue weighted by molar-refractivity contribution is -0.145. The zero-order valence-corrected chi connectivity index (χ0v) is 37.6. The highest BCUT2D eigenvalue weighted by molar-refractivity contribution is 5.91. The Hall–Kier alpha value is -6.22. The molecule has 336 valence electrons. The van der Waals surface area contributed by atoms with Crippen LogP contribution in [0.3, 0.4) is 0 Å². The van der Waals surface area contributed by atoms with Crippen molar-refractivity contribution in [3.8, 4) is 33.6 Å². The number of likely N-dealkylation sites (tertiary alicyclic amines) is 2. The molecule has 2 bridgehead atoms. The second kappa shape index (κ2) is 16.7. The highest BCUT2D eigenvalue weighted by atomic mass is 16.5. The lowest BCUT2D eigenvalue weighted by atomic mass is 9.93. The number of rotatable bonds is 12. The van der Waals surface area contributed by atoms with E-state index in [0.717, 1.165) is 94.6 Å². The highest BCUT2D eigenvalue weighted by Gasteiger charge is 2.56. The molecule has 5 aromatic rings. The minimum absolute atomic E-state index is 0.0566. The number of nitrogens with one attached hydrogen (secondary N) is 4. The van der Waals surface area contributed by atoms with Gasteiger partial charge >= 0.3 is 12.2 Å². The van der Waals surface area contributed by atoms with Gasteiger partial charge in [-0.3, -0.25) is 9.59 Å². The second-order valence-corrected chi connectivity index (χ2v) is 19.1. The number of carbonyl (C=O) groups excluding carboxylic acids is 4. The number of benzene rings is 3. The third-order valence-electron chi connectivity index (χ3n) is 14.4. The summed E-state index contributed by atoms with van der Waals surface area (Å²) in [6.07, 6.45) is 8.19. The topological polar surface area (TPSA) is 184 Å². The fourth-order valence-electron chi connectivity index (χ4n) is 10.3. The lowest BCUT2D eigenvalue weighted by Gasteiger charge is -2.40. The van der Waals surface area contributed by atoms with Crippen LogP contribution in [-0.2, 0) is 23.8 Å². The summed E-state index contributed by atoms with van der Waals surface area (Å²) in [6, 6.07) is 19.2. The number of carbonyl (C=O) groups is 4. The fraction of sp³-hybridized carbons (Fsp3) is 0.469. The molecule has 3 aromatic carbocycles. The van der Waals surface area contributed by atoms with Crippen molar-refractivity contribution in [2.75, 3.05) is 27.9 Å². The number of ether oxygens (including phenoxy) is 3. The zero-order chi connectivity index (χ0) is 45.1. The van der Waals surface area contributed by atoms with Crippen molar-refractivity contribution in [3.05, 3.63) is 84.7 Å². The van der Waals surface area contributed by atoms with Gasteiger partial charge in [0.1, 0.15) is 23.7 Å². The molecule has 64 heavy (non-hydrogen) atoms. The van der Waals surface area contributed by atoms with Gasteiger partial charge < -0.3 is 44.6 Å². The molecule has 2 aliphatic heterocycles. The van der Waals surface area contributed by atoms with Gasteiger partial charge in [0.25, 0.3) is 0 Å². The third-order valence-corrected chi connectivity index (χ3v) is 14.4. The Morgan fingerprint density at radius 2 is 1.36 bits per heavy atom. The van der Waals surface area contributed by atoms with E-state index in [9.17, 15) is 19.2 Å². The van der Waals surface area contributed by atoms with Gasteiger partial charge in [-0.05, 0) is 109 Å². The SMILES string of the molecule is COC(=O)N[C@H](C(=O)N1CC2(CC2)C[C@H]1c1ncc(-c2ccc3cc(-c4ccc(-c5cnc([C@@H]6[C@@H]7CC[C@H](C7)N6C(=O)[C@@H](NC(=O)OC)C(C)(C)OC)[nH]5)cc4)ccc3c2)[nH]1)C(C)C. The number of imidazole rings is 2. The molecule has 15 heteroatoms. The molecule has 6 atom stereocenters. The van der Waals surface area contributed by atoms with E-state index in [-0.39, 0.29) is 47.2 Å². The number of methoxy groups -OCH3 is 3. The Kier molecular flexibility index (Phi) is 11.2. The van der Waals surface area contributed by atoms with Crippen LogP contribution >= 0.6 is 0 Å². The molecular formula is C49H58N8O7. The standard InChI is InChI=1S/C49H58N8O7/c1-27(2)39(54-46(60)62-5)44(58)56-26-49(18-19-49)23-38(56)42-50-25-37(52-42)33-15-14-31-20-30(12-13-32(31)21-33)28-8-10-29(11-9-28)36-24-51-43(53-36)40-34-16-17-35(22-34)57(40)45(59)41(48(3,4)64-7)55-47(61)63-6/h8-15,20-21,24-25,27,34-35,38-41H,16-19,22-23,26H2,1-7H3,(H,50,52)(H,51,53)(H,54,60)(H,55,61)/t34-,35-,38+,39+,40+,41-/m1/s1. The molecule has 2 saturated carbocycles. The Balaban J connectivity index is 0.897. The van der Waals surface area contributed by atoms with Gasteiger partial charge in [0.2, 0.25) is 11.8 Å². The van der Waals surface area contributed by atoms with Crippen molar-refractivity contribution in [1.82, 2.24) is 40.4 Å². The van der Waals surface area contributed by atoms with E-state index in [0.29, 0.717) is 6.54 Å². The smallest absolute Gasteiger partial charge is 0.407 e. The maximum absolute atomic E-state index is 14.3. The van der Waals surface area contributed by atoms with Gasteiger partial charge in [0.15, 0.2) is 0 Å². The predicted molar refractivity (Wildman–Crippen MR) is 241 cm³/mol. The maximum atomic E-state index is 14.3. The first-order chi connectivity index (χ1) is 30.7. The normalized spacial score (nSPS) is 21.9. The molecule has 4 amide bonds. The van der Waals surface area contributed by atoms with E-state index in [2.05, 4.69) is 81.3 Å². The van der Waals surface area contributed by atoms with Gasteiger partial charge in [-0.25, -0.2) is 19.6 Å². The summed E-state index contributed by atoms with van der Waals surface area (Å²) >= 11 is 0. The van der Waals surface area contributed by atoms with E-state index in [1.807, 2.05) is 36.0 Å². The van der Waals surface area contributed by atoms with Crippen LogP contribution in [0.25, 0.3) is 44.4 Å². The molecular weight excluding hydrogens is 813 g/mol. The molecule has 2 aromatic heterocycles. The first-order valence-electron chi connectivity index (χ1n) is 22.3. The van der Waals surface area contributed by atoms with E-state index in [1.165, 1.54) is 21.3 Å². The molecule has 4 N–H and O–H groups in total. The van der Waals surface area contributed by atoms with E-state index in [1.54, 1.807) is 13.8 Å². The van der Waals surface area contributed by atoms with Crippen LogP contribution in [0.5, 0.6) is 0 Å². The average Bonchev–Trinajstić information content (AvgIpc) is 3.94. The second-order valence-electron chi connectivity index (χ2n) is 19.1. The molecule has 2 saturated heterocycles. The monoisotopic (exact) mass is 870 g/mol. The number of fused-ring (bicyclic) bond motifs is 3. The first kappa shape index (κ1) is 43.1. The molecule has 4 fully saturated rings. The fourth-order valence-corrected chi connectivity index (χ4v) is 10.3. The van der Waals surface area contributed by atoms with Crippen LogP contribution in [0.4, 0.5) is 9.59 Å². The van der Waals surface area contributed by atoms with Gasteiger partial charge in [0.05, 0.1) is 55.7 Å². The first-order valence-corrected chi connectivity index (χ1v) is 22.3. The van der Waals surface area contributed by atoms with Crippen LogP contribution in [0, 0.1) is 17.3 Å². The Bertz CT molecular complexity index is 2580. The number of piperidine rings is 1. The molecule has 9 rings (SSSR count). The lowest BCUT2D eigenvalue weighted by Crippen LogP contribution is -2.60. The van der Waals surface area contributed by atoms with Gasteiger partial charge in [-0.15, -0.1) is 0 Å². The summed E-state index contributed by atoms with van der Waals surface area (Å²) in [6.45, 7) is 8.07. The summed E-state index contributed by atoms with van der Waals surface area (Å²) in [5.41, 5.74) is 5.03. The molecule has 4 aliphatic rings. The number of hydrogen-bond donors (Lipinski definition) is 4. The molecule has 0 unspecified atom stereocenters. The molecule has 2 aliphatic carbocycles. The predicted octanol–water partition coefficient (Wildman–Crippen LogP) is 7.92. The Morgan fingerprint density at radius 1 is 0.766 bits per heavy atom. The maximum Gasteiger partial charge on any atom is 0.407 e. The minimum Gasteiger partial charge on any atom is -0.453 e. The summed E-state index contributed by atoms with van der Waals surface area (Å²) < 4.78 is 15.4. The van der Waals surface area contributed by atoms with Gasteiger partial charge in [0, 0.05) is 25.3 Å². The molecule has 15 nitrogen and oxygen atoms in total. The van der Waals surface area contributed by atoms with E-state index in [4.69, 9.17) is 24.2 Å². The summed E-state index contributed by atoms with van der Waals surface area (Å²) in [5, 5.41) is 7.68. The number of aromatic nitrogens is 4. The van der Waals surface area contributed by atoms with Crippen molar-refractivity contribution in [3.63, 3.8) is 0 Å². The van der Waals surface area contributed by atoms with Crippen LogP contribution in [0.1, 0.15) is 90.0 Å². The van der Waals surface area contributed by atoms with Crippen LogP contribution < -0.4 is 10.6 Å². The number of alkyl carbamates (subject to hydrolysis) is 2. The van der Waals surface area contributed by atoms with Crippen LogP contribution in [-0.4, -0.2) is 105 Å². The minimum atomic E-state index is -0.971. The molecule has 1 spiro atoms. The van der Waals surface area contributed by atoms with E-state index < -0.39 is 29.9 Å². The number of hydrogen-bond acceptors (Lipinski definition) is 9. The van der Waals surface area contributed by atoms with Crippen molar-refractivity contribution in [1.29, 1.82) is 0 Å². The third kappa shape index (κ3) is 7.99. The summed E-state index contributed by atoms with van der Waals surface area (Å²) in [5.74, 6) is 1.32. The van der Waals surface area contributed by atoms with Crippen molar-refractivity contribution in [2.45, 2.75) is 102 Å². The van der Waals surface area contributed by atoms with Crippen molar-refractivity contribution < 1.29 is 33.4 Å². The Morgan fingerprint density at radius 3 is 2.02 bits per heavy atom. The molecule has 0 radical (unpaired) electrons. The highest BCUT2D eigenvalue weighted by Crippen LogP contribution is 2.58. The number of H-pyrrole nitrogens is 2. The summed E-state index contributed by atoms with van der Waals surface area (Å²) in [4.78, 5) is 73.2. The van der Waals surface area contributed by atoms with Crippen LogP contribution in [0.15, 0.2) is 73.1 Å². The molecule has 4 heterocycles.